The molecule has 1 N–H and O–H groups in total. The van der Waals surface area contributed by atoms with Crippen molar-refractivity contribution in [1.29, 1.82) is 0 Å². The largest absolute Gasteiger partial charge is 0.345 e. The summed E-state index contributed by atoms with van der Waals surface area (Å²) in [4.78, 5) is 14.8. The quantitative estimate of drug-likeness (QED) is 0.797. The third kappa shape index (κ3) is 4.62. The maximum absolute atomic E-state index is 12.5. The number of likely N-dealkylation sites (tertiary alicyclic amines) is 1. The molecule has 1 saturated heterocycles. The lowest BCUT2D eigenvalue weighted by Gasteiger charge is -2.44. The average molecular weight is 405 g/mol. The molecule has 5 nitrogen and oxygen atoms in total. The van der Waals surface area contributed by atoms with Gasteiger partial charge in [-0.25, -0.2) is 0 Å². The Hall–Kier alpha value is -1.63. The van der Waals surface area contributed by atoms with E-state index in [1.807, 2.05) is 24.3 Å². The maximum atomic E-state index is 12.5. The Morgan fingerprint density at radius 3 is 2.78 bits per heavy atom. The summed E-state index contributed by atoms with van der Waals surface area (Å²) >= 11 is 6.13. The SMILES string of the molecule is CC[C@@H](c1cccc(Cl)c1)N1CC(NC(=O)c2cc(C3CC3)cnn2)C1.S. The van der Waals surface area contributed by atoms with Crippen molar-refractivity contribution in [2.24, 2.45) is 0 Å². The predicted octanol–water partition coefficient (Wildman–Crippen LogP) is 3.69. The minimum atomic E-state index is -0.125. The Bertz CT molecular complexity index is 808. The molecule has 2 fully saturated rings. The van der Waals surface area contributed by atoms with Gasteiger partial charge in [-0.3, -0.25) is 9.69 Å². The number of carbonyl (C=O) groups is 1. The molecular formula is C20H25ClN4OS. The Kier molecular flexibility index (Phi) is 6.40. The van der Waals surface area contributed by atoms with E-state index in [1.54, 1.807) is 6.20 Å². The average Bonchev–Trinajstić information content (AvgIpc) is 3.45. The smallest absolute Gasteiger partial charge is 0.272 e. The molecule has 0 radical (unpaired) electrons. The first-order chi connectivity index (χ1) is 12.6. The molecule has 1 aromatic carbocycles. The molecule has 7 heteroatoms. The second-order valence-electron chi connectivity index (χ2n) is 7.25. The van der Waals surface area contributed by atoms with Crippen LogP contribution in [0.15, 0.2) is 36.5 Å². The van der Waals surface area contributed by atoms with Gasteiger partial charge in [-0.2, -0.15) is 18.6 Å². The van der Waals surface area contributed by atoms with E-state index in [1.165, 1.54) is 18.4 Å². The molecule has 0 bridgehead atoms. The lowest BCUT2D eigenvalue weighted by Crippen LogP contribution is -2.60. The van der Waals surface area contributed by atoms with Crippen molar-refractivity contribution in [3.05, 3.63) is 58.4 Å². The van der Waals surface area contributed by atoms with Crippen LogP contribution >= 0.6 is 25.1 Å². The van der Waals surface area contributed by atoms with E-state index in [2.05, 4.69) is 33.4 Å². The maximum Gasteiger partial charge on any atom is 0.272 e. The van der Waals surface area contributed by atoms with Gasteiger partial charge in [-0.1, -0.05) is 30.7 Å². The van der Waals surface area contributed by atoms with Gasteiger partial charge >= 0.3 is 0 Å². The number of halogens is 1. The van der Waals surface area contributed by atoms with Crippen LogP contribution in [-0.2, 0) is 0 Å². The highest BCUT2D eigenvalue weighted by Gasteiger charge is 2.34. The van der Waals surface area contributed by atoms with Gasteiger partial charge in [0.2, 0.25) is 0 Å². The third-order valence-electron chi connectivity index (χ3n) is 5.26. The Morgan fingerprint density at radius 1 is 1.33 bits per heavy atom. The molecule has 2 aliphatic rings. The van der Waals surface area contributed by atoms with E-state index >= 15 is 0 Å². The zero-order chi connectivity index (χ0) is 18.1. The molecule has 1 amide bonds. The van der Waals surface area contributed by atoms with Gasteiger partial charge in [0.25, 0.3) is 5.91 Å². The van der Waals surface area contributed by atoms with Gasteiger partial charge < -0.3 is 5.32 Å². The monoisotopic (exact) mass is 404 g/mol. The second-order valence-corrected chi connectivity index (χ2v) is 7.69. The number of rotatable bonds is 6. The van der Waals surface area contributed by atoms with E-state index in [0.29, 0.717) is 17.7 Å². The first-order valence-electron chi connectivity index (χ1n) is 9.27. The van der Waals surface area contributed by atoms with E-state index in [-0.39, 0.29) is 25.4 Å². The van der Waals surface area contributed by atoms with Crippen LogP contribution in [0.4, 0.5) is 0 Å². The van der Waals surface area contributed by atoms with E-state index in [9.17, 15) is 4.79 Å². The molecule has 1 aliphatic heterocycles. The van der Waals surface area contributed by atoms with Gasteiger partial charge in [0, 0.05) is 24.2 Å². The minimum Gasteiger partial charge on any atom is -0.345 e. The third-order valence-corrected chi connectivity index (χ3v) is 5.50. The van der Waals surface area contributed by atoms with Crippen LogP contribution in [0.5, 0.6) is 0 Å². The van der Waals surface area contributed by atoms with Crippen LogP contribution in [-0.4, -0.2) is 40.1 Å². The summed E-state index contributed by atoms with van der Waals surface area (Å²) < 4.78 is 0. The standard InChI is InChI=1S/C20H23ClN4O.H2S/c1-2-19(14-4-3-5-16(21)8-14)25-11-17(12-25)23-20(26)18-9-15(10-22-24-18)13-6-7-13;/h3-5,8-10,13,17,19H,2,6-7,11-12H2,1H3,(H,23,26);1H2/t19-;/m0./s1. The summed E-state index contributed by atoms with van der Waals surface area (Å²) in [5.74, 6) is 0.444. The molecule has 1 aliphatic carbocycles. The molecule has 144 valence electrons. The summed E-state index contributed by atoms with van der Waals surface area (Å²) in [5.41, 5.74) is 2.79. The van der Waals surface area contributed by atoms with E-state index in [0.717, 1.165) is 30.1 Å². The zero-order valence-corrected chi connectivity index (χ0v) is 17.1. The highest BCUT2D eigenvalue weighted by atomic mass is 35.5. The summed E-state index contributed by atoms with van der Waals surface area (Å²) in [6.07, 6.45) is 5.16. The number of amides is 1. The lowest BCUT2D eigenvalue weighted by atomic mass is 9.97. The van der Waals surface area contributed by atoms with Crippen molar-refractivity contribution in [1.82, 2.24) is 20.4 Å². The van der Waals surface area contributed by atoms with Crippen LogP contribution in [0, 0.1) is 0 Å². The molecule has 0 spiro atoms. The summed E-state index contributed by atoms with van der Waals surface area (Å²) in [6.45, 7) is 3.86. The van der Waals surface area contributed by atoms with Crippen molar-refractivity contribution in [3.63, 3.8) is 0 Å². The van der Waals surface area contributed by atoms with Gasteiger partial charge in [0.05, 0.1) is 12.2 Å². The molecular weight excluding hydrogens is 380 g/mol. The summed E-state index contributed by atoms with van der Waals surface area (Å²) in [7, 11) is 0. The van der Waals surface area contributed by atoms with Crippen molar-refractivity contribution in [2.45, 2.75) is 44.2 Å². The molecule has 2 aromatic rings. The predicted molar refractivity (Wildman–Crippen MR) is 112 cm³/mol. The molecule has 27 heavy (non-hydrogen) atoms. The van der Waals surface area contributed by atoms with Gasteiger partial charge in [0.1, 0.15) is 0 Å². The van der Waals surface area contributed by atoms with Crippen LogP contribution < -0.4 is 5.32 Å². The number of carbonyl (C=O) groups excluding carboxylic acids is 1. The Labute approximate surface area is 172 Å². The molecule has 0 unspecified atom stereocenters. The van der Waals surface area contributed by atoms with Gasteiger partial charge in [-0.05, 0) is 54.5 Å². The topological polar surface area (TPSA) is 58.1 Å². The Balaban J connectivity index is 0.00000210. The van der Waals surface area contributed by atoms with E-state index in [4.69, 9.17) is 11.6 Å². The number of hydrogen-bond donors (Lipinski definition) is 1. The Morgan fingerprint density at radius 2 is 2.11 bits per heavy atom. The minimum absolute atomic E-state index is 0. The molecule has 4 rings (SSSR count). The van der Waals surface area contributed by atoms with Crippen LogP contribution in [0.1, 0.15) is 59.8 Å². The molecule has 2 heterocycles. The first kappa shape index (κ1) is 20.1. The van der Waals surface area contributed by atoms with E-state index < -0.39 is 0 Å². The number of benzene rings is 1. The normalized spacial score (nSPS) is 18.3. The van der Waals surface area contributed by atoms with Gasteiger partial charge in [-0.15, -0.1) is 5.10 Å². The summed E-state index contributed by atoms with van der Waals surface area (Å²) in [5, 5.41) is 11.8. The van der Waals surface area contributed by atoms with Crippen molar-refractivity contribution in [2.75, 3.05) is 13.1 Å². The van der Waals surface area contributed by atoms with Crippen molar-refractivity contribution < 1.29 is 4.79 Å². The fourth-order valence-corrected chi connectivity index (χ4v) is 3.87. The van der Waals surface area contributed by atoms with Gasteiger partial charge in [0.15, 0.2) is 5.69 Å². The number of nitrogens with one attached hydrogen (secondary N) is 1. The first-order valence-corrected chi connectivity index (χ1v) is 9.65. The highest BCUT2D eigenvalue weighted by Crippen LogP contribution is 2.39. The van der Waals surface area contributed by atoms with Crippen molar-refractivity contribution >= 4 is 31.0 Å². The number of hydrogen-bond acceptors (Lipinski definition) is 4. The lowest BCUT2D eigenvalue weighted by molar-refractivity contribution is 0.0614. The molecule has 1 atom stereocenters. The van der Waals surface area contributed by atoms with Crippen molar-refractivity contribution in [3.8, 4) is 0 Å². The molecule has 1 saturated carbocycles. The number of nitrogens with zero attached hydrogens (tertiary/aromatic N) is 3. The zero-order valence-electron chi connectivity index (χ0n) is 15.4. The fraction of sp³-hybridized carbons (Fsp3) is 0.450. The summed E-state index contributed by atoms with van der Waals surface area (Å²) in [6, 6.07) is 10.4. The molecule has 1 aromatic heterocycles. The van der Waals surface area contributed by atoms with Crippen LogP contribution in [0.3, 0.4) is 0 Å². The number of aromatic nitrogens is 2. The van der Waals surface area contributed by atoms with Crippen LogP contribution in [0.25, 0.3) is 0 Å². The highest BCUT2D eigenvalue weighted by molar-refractivity contribution is 7.59. The van der Waals surface area contributed by atoms with Crippen LogP contribution in [0.2, 0.25) is 5.02 Å². The fourth-order valence-electron chi connectivity index (χ4n) is 3.67. The second kappa shape index (κ2) is 8.59.